The third kappa shape index (κ3) is 5.41. The fourth-order valence-corrected chi connectivity index (χ4v) is 3.32. The van der Waals surface area contributed by atoms with E-state index in [0.29, 0.717) is 12.8 Å². The van der Waals surface area contributed by atoms with E-state index in [-0.39, 0.29) is 12.1 Å². The fraction of sp³-hybridized carbons (Fsp3) is 0.435. The Morgan fingerprint density at radius 3 is 2.07 bits per heavy atom. The SMILES string of the molecule is COc1ccc(CC2CC(c3ccc(OC)cc3)ON2C(=O)OC(C)(C)C)cc1. The molecule has 2 aromatic rings. The van der Waals surface area contributed by atoms with Crippen LogP contribution in [0.5, 0.6) is 11.5 Å². The largest absolute Gasteiger partial charge is 0.497 e. The summed E-state index contributed by atoms with van der Waals surface area (Å²) in [4.78, 5) is 18.8. The van der Waals surface area contributed by atoms with Crippen molar-refractivity contribution < 1.29 is 23.8 Å². The summed E-state index contributed by atoms with van der Waals surface area (Å²) in [6, 6.07) is 15.4. The Labute approximate surface area is 172 Å². The van der Waals surface area contributed by atoms with Gasteiger partial charge in [-0.15, -0.1) is 0 Å². The van der Waals surface area contributed by atoms with Crippen molar-refractivity contribution in [2.45, 2.75) is 51.4 Å². The lowest BCUT2D eigenvalue weighted by molar-refractivity contribution is -0.151. The maximum atomic E-state index is 12.8. The van der Waals surface area contributed by atoms with Crippen molar-refractivity contribution in [3.05, 3.63) is 59.7 Å². The smallest absolute Gasteiger partial charge is 0.434 e. The number of carbonyl (C=O) groups excluding carboxylic acids is 1. The molecular weight excluding hydrogens is 370 g/mol. The van der Waals surface area contributed by atoms with E-state index in [1.54, 1.807) is 14.2 Å². The lowest BCUT2D eigenvalue weighted by Crippen LogP contribution is -2.39. The number of hydrogen-bond donors (Lipinski definition) is 0. The molecule has 29 heavy (non-hydrogen) atoms. The third-order valence-corrected chi connectivity index (χ3v) is 4.75. The monoisotopic (exact) mass is 399 g/mol. The van der Waals surface area contributed by atoms with E-state index in [2.05, 4.69) is 0 Å². The first-order valence-corrected chi connectivity index (χ1v) is 9.75. The van der Waals surface area contributed by atoms with Crippen molar-refractivity contribution in [1.82, 2.24) is 5.06 Å². The van der Waals surface area contributed by atoms with Crippen LogP contribution >= 0.6 is 0 Å². The summed E-state index contributed by atoms with van der Waals surface area (Å²) in [5.41, 5.74) is 1.50. The fourth-order valence-electron chi connectivity index (χ4n) is 3.32. The lowest BCUT2D eigenvalue weighted by Gasteiger charge is -2.27. The van der Waals surface area contributed by atoms with Crippen molar-refractivity contribution in [2.75, 3.05) is 14.2 Å². The zero-order valence-electron chi connectivity index (χ0n) is 17.7. The van der Waals surface area contributed by atoms with Crippen molar-refractivity contribution in [1.29, 1.82) is 0 Å². The first-order valence-electron chi connectivity index (χ1n) is 9.75. The zero-order chi connectivity index (χ0) is 21.0. The van der Waals surface area contributed by atoms with Gasteiger partial charge in [-0.1, -0.05) is 24.3 Å². The zero-order valence-corrected chi connectivity index (χ0v) is 17.7. The quantitative estimate of drug-likeness (QED) is 0.714. The number of nitrogens with zero attached hydrogens (tertiary/aromatic N) is 1. The molecule has 0 saturated carbocycles. The highest BCUT2D eigenvalue weighted by Crippen LogP contribution is 2.36. The Morgan fingerprint density at radius 1 is 1.00 bits per heavy atom. The average molecular weight is 399 g/mol. The molecule has 6 nitrogen and oxygen atoms in total. The second-order valence-corrected chi connectivity index (χ2v) is 8.12. The molecule has 0 aliphatic carbocycles. The van der Waals surface area contributed by atoms with Gasteiger partial charge in [0.05, 0.1) is 20.3 Å². The van der Waals surface area contributed by atoms with Gasteiger partial charge in [0.2, 0.25) is 0 Å². The van der Waals surface area contributed by atoms with Crippen LogP contribution < -0.4 is 9.47 Å². The summed E-state index contributed by atoms with van der Waals surface area (Å²) in [5, 5.41) is 1.39. The maximum Gasteiger partial charge on any atom is 0.434 e. The molecule has 156 valence electrons. The molecular formula is C23H29NO5. The van der Waals surface area contributed by atoms with Crippen LogP contribution in [0.25, 0.3) is 0 Å². The van der Waals surface area contributed by atoms with Crippen molar-refractivity contribution >= 4 is 6.09 Å². The van der Waals surface area contributed by atoms with Gasteiger partial charge in [0.1, 0.15) is 23.2 Å². The van der Waals surface area contributed by atoms with Crippen LogP contribution in [0.3, 0.4) is 0 Å². The first kappa shape index (κ1) is 21.0. The highest BCUT2D eigenvalue weighted by atomic mass is 16.7. The van der Waals surface area contributed by atoms with Crippen molar-refractivity contribution in [2.24, 2.45) is 0 Å². The Kier molecular flexibility index (Phi) is 6.33. The number of rotatable bonds is 5. The number of hydroxylamine groups is 2. The molecule has 2 atom stereocenters. The van der Waals surface area contributed by atoms with Crippen LogP contribution in [0.4, 0.5) is 4.79 Å². The summed E-state index contributed by atoms with van der Waals surface area (Å²) in [5.74, 6) is 1.59. The molecule has 1 amide bonds. The highest BCUT2D eigenvalue weighted by molar-refractivity contribution is 5.67. The van der Waals surface area contributed by atoms with Gasteiger partial charge < -0.3 is 14.2 Å². The van der Waals surface area contributed by atoms with Crippen LogP contribution in [0.15, 0.2) is 48.5 Å². The van der Waals surface area contributed by atoms with E-state index in [9.17, 15) is 4.79 Å². The highest BCUT2D eigenvalue weighted by Gasteiger charge is 2.39. The van der Waals surface area contributed by atoms with Gasteiger partial charge in [0.25, 0.3) is 0 Å². The molecule has 2 aromatic carbocycles. The molecule has 1 heterocycles. The van der Waals surface area contributed by atoms with Crippen LogP contribution in [-0.4, -0.2) is 37.0 Å². The lowest BCUT2D eigenvalue weighted by atomic mass is 9.98. The predicted octanol–water partition coefficient (Wildman–Crippen LogP) is 4.93. The van der Waals surface area contributed by atoms with Gasteiger partial charge in [-0.05, 0) is 62.6 Å². The minimum absolute atomic E-state index is 0.134. The molecule has 0 N–H and O–H groups in total. The summed E-state index contributed by atoms with van der Waals surface area (Å²) in [6.45, 7) is 5.54. The maximum absolute atomic E-state index is 12.8. The van der Waals surface area contributed by atoms with Gasteiger partial charge in [-0.3, -0.25) is 4.84 Å². The van der Waals surface area contributed by atoms with E-state index < -0.39 is 11.7 Å². The minimum atomic E-state index is -0.594. The summed E-state index contributed by atoms with van der Waals surface area (Å²) < 4.78 is 16.0. The number of benzene rings is 2. The average Bonchev–Trinajstić information content (AvgIpc) is 3.11. The molecule has 0 bridgehead atoms. The second-order valence-electron chi connectivity index (χ2n) is 8.12. The Hall–Kier alpha value is -2.73. The number of ether oxygens (including phenoxy) is 3. The number of amides is 1. The van der Waals surface area contributed by atoms with Crippen LogP contribution in [-0.2, 0) is 16.0 Å². The van der Waals surface area contributed by atoms with E-state index in [4.69, 9.17) is 19.0 Å². The third-order valence-electron chi connectivity index (χ3n) is 4.75. The topological polar surface area (TPSA) is 57.2 Å². The predicted molar refractivity (Wildman–Crippen MR) is 110 cm³/mol. The number of carbonyl (C=O) groups is 1. The molecule has 1 saturated heterocycles. The van der Waals surface area contributed by atoms with Gasteiger partial charge in [0.15, 0.2) is 0 Å². The van der Waals surface area contributed by atoms with Gasteiger partial charge in [-0.25, -0.2) is 4.79 Å². The van der Waals surface area contributed by atoms with E-state index in [1.807, 2.05) is 69.3 Å². The van der Waals surface area contributed by atoms with Crippen molar-refractivity contribution in [3.63, 3.8) is 0 Å². The Bertz CT molecular complexity index is 811. The Morgan fingerprint density at radius 2 is 1.55 bits per heavy atom. The first-order chi connectivity index (χ1) is 13.8. The molecule has 0 aromatic heterocycles. The van der Waals surface area contributed by atoms with E-state index in [0.717, 1.165) is 22.6 Å². The molecule has 6 heteroatoms. The van der Waals surface area contributed by atoms with E-state index in [1.165, 1.54) is 5.06 Å². The molecule has 1 fully saturated rings. The second kappa shape index (κ2) is 8.74. The van der Waals surface area contributed by atoms with Crippen LogP contribution in [0.1, 0.15) is 44.4 Å². The molecule has 0 spiro atoms. The standard InChI is InChI=1S/C23H29NO5/c1-23(2,3)28-22(25)24-18(14-16-6-10-19(26-4)11-7-16)15-21(29-24)17-8-12-20(27-5)13-9-17/h6-13,18,21H,14-15H2,1-5H3. The van der Waals surface area contributed by atoms with Gasteiger partial charge in [-0.2, -0.15) is 5.06 Å². The normalized spacial score (nSPS) is 19.1. The molecule has 2 unspecified atom stereocenters. The summed E-state index contributed by atoms with van der Waals surface area (Å²) in [7, 11) is 3.28. The summed E-state index contributed by atoms with van der Waals surface area (Å²) in [6.07, 6.45) is 0.650. The Balaban J connectivity index is 1.79. The van der Waals surface area contributed by atoms with Crippen LogP contribution in [0, 0.1) is 0 Å². The summed E-state index contributed by atoms with van der Waals surface area (Å²) >= 11 is 0. The number of methoxy groups -OCH3 is 2. The molecule has 0 radical (unpaired) electrons. The van der Waals surface area contributed by atoms with Crippen LogP contribution in [0.2, 0.25) is 0 Å². The molecule has 1 aliphatic rings. The van der Waals surface area contributed by atoms with Gasteiger partial charge >= 0.3 is 6.09 Å². The molecule has 3 rings (SSSR count). The molecule has 1 aliphatic heterocycles. The minimum Gasteiger partial charge on any atom is -0.497 e. The van der Waals surface area contributed by atoms with E-state index >= 15 is 0 Å². The number of hydrogen-bond acceptors (Lipinski definition) is 5. The van der Waals surface area contributed by atoms with Crippen molar-refractivity contribution in [3.8, 4) is 11.5 Å². The van der Waals surface area contributed by atoms with Gasteiger partial charge in [0, 0.05) is 6.42 Å².